The molecule has 3 N–H and O–H groups in total. The quantitative estimate of drug-likeness (QED) is 0.628. The Morgan fingerprint density at radius 2 is 2.00 bits per heavy atom. The number of rotatable bonds is 9. The minimum Gasteiger partial charge on any atom is -0.497 e. The number of amides is 1. The van der Waals surface area contributed by atoms with Crippen LogP contribution in [-0.4, -0.2) is 41.2 Å². The van der Waals surface area contributed by atoms with Gasteiger partial charge < -0.3 is 20.3 Å². The number of benzene rings is 1. The van der Waals surface area contributed by atoms with Crippen LogP contribution in [0.25, 0.3) is 0 Å². The van der Waals surface area contributed by atoms with Crippen molar-refractivity contribution >= 4 is 17.8 Å². The van der Waals surface area contributed by atoms with Crippen LogP contribution in [0.1, 0.15) is 24.8 Å². The molecule has 1 atom stereocenters. The third-order valence-electron chi connectivity index (χ3n) is 3.02. The summed E-state index contributed by atoms with van der Waals surface area (Å²) < 4.78 is 5.10. The van der Waals surface area contributed by atoms with Gasteiger partial charge in [-0.1, -0.05) is 12.1 Å². The summed E-state index contributed by atoms with van der Waals surface area (Å²) in [7, 11) is 1.57. The van der Waals surface area contributed by atoms with Crippen molar-refractivity contribution in [3.05, 3.63) is 29.8 Å². The monoisotopic (exact) mass is 309 g/mol. The molecule has 0 fully saturated rings. The van der Waals surface area contributed by atoms with Gasteiger partial charge in [0.2, 0.25) is 5.91 Å². The molecule has 1 unspecified atom stereocenters. The minimum absolute atomic E-state index is 0.126. The van der Waals surface area contributed by atoms with E-state index in [4.69, 9.17) is 14.9 Å². The van der Waals surface area contributed by atoms with E-state index in [9.17, 15) is 14.4 Å². The molecule has 0 aromatic heterocycles. The Hall–Kier alpha value is -2.57. The maximum atomic E-state index is 11.7. The van der Waals surface area contributed by atoms with E-state index in [0.29, 0.717) is 12.8 Å². The molecule has 0 aliphatic carbocycles. The van der Waals surface area contributed by atoms with E-state index in [1.54, 1.807) is 7.11 Å². The fourth-order valence-corrected chi connectivity index (χ4v) is 1.92. The normalized spacial score (nSPS) is 11.5. The van der Waals surface area contributed by atoms with Crippen LogP contribution in [0.15, 0.2) is 24.3 Å². The maximum Gasteiger partial charge on any atom is 0.326 e. The van der Waals surface area contributed by atoms with Crippen molar-refractivity contribution in [2.75, 3.05) is 7.11 Å². The smallest absolute Gasteiger partial charge is 0.326 e. The molecule has 22 heavy (non-hydrogen) atoms. The lowest BCUT2D eigenvalue weighted by Crippen LogP contribution is -2.42. The van der Waals surface area contributed by atoms with Gasteiger partial charge in [0.15, 0.2) is 0 Å². The second-order valence-electron chi connectivity index (χ2n) is 4.76. The number of carbonyl (C=O) groups excluding carboxylic acids is 1. The van der Waals surface area contributed by atoms with Crippen molar-refractivity contribution in [2.24, 2.45) is 0 Å². The maximum absolute atomic E-state index is 11.7. The van der Waals surface area contributed by atoms with Crippen LogP contribution >= 0.6 is 0 Å². The van der Waals surface area contributed by atoms with E-state index in [0.717, 1.165) is 11.3 Å². The van der Waals surface area contributed by atoms with Crippen molar-refractivity contribution in [1.82, 2.24) is 5.32 Å². The van der Waals surface area contributed by atoms with Crippen LogP contribution in [0.2, 0.25) is 0 Å². The number of hydrogen-bond acceptors (Lipinski definition) is 4. The second-order valence-corrected chi connectivity index (χ2v) is 4.76. The van der Waals surface area contributed by atoms with Gasteiger partial charge in [0.05, 0.1) is 13.5 Å². The molecule has 0 radical (unpaired) electrons. The number of aryl methyl sites for hydroxylation is 1. The van der Waals surface area contributed by atoms with Gasteiger partial charge in [-0.15, -0.1) is 0 Å². The lowest BCUT2D eigenvalue weighted by molar-refractivity contribution is -0.147. The third kappa shape index (κ3) is 6.25. The summed E-state index contributed by atoms with van der Waals surface area (Å²) in [6, 6.07) is 6.04. The van der Waals surface area contributed by atoms with Crippen molar-refractivity contribution < 1.29 is 29.3 Å². The average Bonchev–Trinajstić information content (AvgIpc) is 2.46. The Kier molecular flexibility index (Phi) is 6.88. The number of nitrogens with one attached hydrogen (secondary N) is 1. The minimum atomic E-state index is -1.40. The van der Waals surface area contributed by atoms with Gasteiger partial charge in [0, 0.05) is 6.42 Å². The summed E-state index contributed by atoms with van der Waals surface area (Å²) in [5.41, 5.74) is 1.01. The molecule has 0 aliphatic heterocycles. The number of carboxylic acid groups (broad SMARTS) is 2. The van der Waals surface area contributed by atoms with E-state index >= 15 is 0 Å². The first-order chi connectivity index (χ1) is 10.4. The van der Waals surface area contributed by atoms with E-state index in [1.165, 1.54) is 0 Å². The predicted octanol–water partition coefficient (Wildman–Crippen LogP) is 1.06. The molecule has 0 spiro atoms. The first-order valence-electron chi connectivity index (χ1n) is 6.79. The summed E-state index contributed by atoms with van der Waals surface area (Å²) in [5, 5.41) is 19.6. The van der Waals surface area contributed by atoms with Crippen LogP contribution < -0.4 is 10.1 Å². The molecule has 0 bridgehead atoms. The van der Waals surface area contributed by atoms with Crippen molar-refractivity contribution in [1.29, 1.82) is 0 Å². The zero-order valence-corrected chi connectivity index (χ0v) is 12.2. The van der Waals surface area contributed by atoms with Crippen LogP contribution in [0.5, 0.6) is 5.75 Å². The van der Waals surface area contributed by atoms with Crippen molar-refractivity contribution in [3.8, 4) is 5.75 Å². The summed E-state index contributed by atoms with van der Waals surface area (Å²) >= 11 is 0. The molecule has 0 saturated heterocycles. The van der Waals surface area contributed by atoms with Crippen LogP contribution in [0, 0.1) is 0 Å². The highest BCUT2D eigenvalue weighted by Crippen LogP contribution is 2.14. The molecule has 1 aromatic rings. The largest absolute Gasteiger partial charge is 0.497 e. The number of aliphatic carboxylic acids is 2. The summed E-state index contributed by atoms with van der Waals surface area (Å²) in [6.45, 7) is 0. The Balaban J connectivity index is 2.41. The van der Waals surface area contributed by atoms with E-state index in [1.807, 2.05) is 24.3 Å². The topological polar surface area (TPSA) is 113 Å². The zero-order chi connectivity index (χ0) is 16.5. The van der Waals surface area contributed by atoms with Crippen molar-refractivity contribution in [2.45, 2.75) is 31.7 Å². The number of methoxy groups -OCH3 is 1. The molecule has 1 amide bonds. The van der Waals surface area contributed by atoms with Gasteiger partial charge in [-0.05, 0) is 30.5 Å². The molecule has 1 rings (SSSR count). The van der Waals surface area contributed by atoms with E-state index in [2.05, 4.69) is 5.32 Å². The van der Waals surface area contributed by atoms with Gasteiger partial charge >= 0.3 is 11.9 Å². The highest BCUT2D eigenvalue weighted by atomic mass is 16.5. The molecule has 0 aliphatic rings. The lowest BCUT2D eigenvalue weighted by Gasteiger charge is -2.12. The lowest BCUT2D eigenvalue weighted by atomic mass is 10.1. The van der Waals surface area contributed by atoms with Gasteiger partial charge in [0.25, 0.3) is 0 Å². The standard InChI is InChI=1S/C15H19NO6/c1-22-11-6-2-4-10(8-11)5-3-7-13(17)16-12(15(20)21)9-14(18)19/h2,4,6,8,12H,3,5,7,9H2,1H3,(H,16,17)(H,18,19)(H,20,21). The summed E-state index contributed by atoms with van der Waals surface area (Å²) in [6.07, 6.45) is 0.650. The molecule has 1 aromatic carbocycles. The van der Waals surface area contributed by atoms with Gasteiger partial charge in [-0.3, -0.25) is 9.59 Å². The van der Waals surface area contributed by atoms with Crippen LogP contribution in [-0.2, 0) is 20.8 Å². The number of hydrogen-bond donors (Lipinski definition) is 3. The zero-order valence-electron chi connectivity index (χ0n) is 12.2. The van der Waals surface area contributed by atoms with Gasteiger partial charge in [-0.2, -0.15) is 0 Å². The predicted molar refractivity (Wildman–Crippen MR) is 77.8 cm³/mol. The van der Waals surface area contributed by atoms with E-state index < -0.39 is 30.3 Å². The molecule has 0 saturated carbocycles. The summed E-state index contributed by atoms with van der Waals surface area (Å²) in [4.78, 5) is 33.0. The highest BCUT2D eigenvalue weighted by molar-refractivity contribution is 5.86. The molecular formula is C15H19NO6. The summed E-state index contributed by atoms with van der Waals surface area (Å²) in [5.74, 6) is -2.38. The molecular weight excluding hydrogens is 290 g/mol. The first kappa shape index (κ1) is 17.5. The Morgan fingerprint density at radius 1 is 1.27 bits per heavy atom. The fraction of sp³-hybridized carbons (Fsp3) is 0.400. The molecule has 7 heteroatoms. The highest BCUT2D eigenvalue weighted by Gasteiger charge is 2.22. The van der Waals surface area contributed by atoms with Gasteiger partial charge in [0.1, 0.15) is 11.8 Å². The molecule has 7 nitrogen and oxygen atoms in total. The van der Waals surface area contributed by atoms with E-state index in [-0.39, 0.29) is 6.42 Å². The van der Waals surface area contributed by atoms with Crippen molar-refractivity contribution in [3.63, 3.8) is 0 Å². The average molecular weight is 309 g/mol. The van der Waals surface area contributed by atoms with Crippen LogP contribution in [0.3, 0.4) is 0 Å². The van der Waals surface area contributed by atoms with Gasteiger partial charge in [-0.25, -0.2) is 4.79 Å². The molecule has 120 valence electrons. The third-order valence-corrected chi connectivity index (χ3v) is 3.02. The second kappa shape index (κ2) is 8.66. The fourth-order valence-electron chi connectivity index (χ4n) is 1.92. The Bertz CT molecular complexity index is 543. The van der Waals surface area contributed by atoms with Crippen LogP contribution in [0.4, 0.5) is 0 Å². The first-order valence-corrected chi connectivity index (χ1v) is 6.79. The number of ether oxygens (including phenoxy) is 1. The SMILES string of the molecule is COc1cccc(CCCC(=O)NC(CC(=O)O)C(=O)O)c1. The number of carboxylic acids is 2. The number of carbonyl (C=O) groups is 3. The molecule has 0 heterocycles. The Morgan fingerprint density at radius 3 is 2.59 bits per heavy atom. The Labute approximate surface area is 127 Å².